The zero-order valence-corrected chi connectivity index (χ0v) is 13.2. The van der Waals surface area contributed by atoms with Gasteiger partial charge in [-0.15, -0.1) is 11.3 Å². The van der Waals surface area contributed by atoms with Gasteiger partial charge < -0.3 is 5.11 Å². The Morgan fingerprint density at radius 3 is 3.00 bits per heavy atom. The first kappa shape index (κ1) is 14.6. The van der Waals surface area contributed by atoms with Crippen molar-refractivity contribution in [1.29, 1.82) is 0 Å². The van der Waals surface area contributed by atoms with Crippen LogP contribution in [0.15, 0.2) is 29.6 Å². The number of carboxylic acid groups (broad SMARTS) is 1. The van der Waals surface area contributed by atoms with E-state index in [1.807, 2.05) is 41.5 Å². The number of nitrogens with zero attached hydrogens (tertiary/aromatic N) is 1. The number of aliphatic carboxylic acids is 1. The zero-order valence-electron chi connectivity index (χ0n) is 11.7. The second kappa shape index (κ2) is 5.79. The summed E-state index contributed by atoms with van der Waals surface area (Å²) in [5.41, 5.74) is 3.03. The second-order valence-corrected chi connectivity index (χ2v) is 6.75. The molecule has 21 heavy (non-hydrogen) atoms. The molecule has 0 saturated heterocycles. The number of aryl methyl sites for hydroxylation is 1. The summed E-state index contributed by atoms with van der Waals surface area (Å²) in [5.74, 6) is -0.785. The molecule has 1 aliphatic heterocycles. The Morgan fingerprint density at radius 1 is 1.48 bits per heavy atom. The van der Waals surface area contributed by atoms with E-state index in [4.69, 9.17) is 11.6 Å². The van der Waals surface area contributed by atoms with Crippen LogP contribution in [0.3, 0.4) is 0 Å². The maximum absolute atomic E-state index is 11.7. The average Bonchev–Trinajstić information content (AvgIpc) is 2.90. The number of carbonyl (C=O) groups is 1. The van der Waals surface area contributed by atoms with Gasteiger partial charge in [-0.2, -0.15) is 0 Å². The third-order valence-electron chi connectivity index (χ3n) is 3.92. The highest BCUT2D eigenvalue weighted by atomic mass is 35.5. The number of rotatable bonds is 3. The Balaban J connectivity index is 1.88. The topological polar surface area (TPSA) is 40.5 Å². The van der Waals surface area contributed by atoms with E-state index in [9.17, 15) is 9.90 Å². The Bertz CT molecular complexity index is 683. The summed E-state index contributed by atoms with van der Waals surface area (Å²) in [4.78, 5) is 14.9. The number of halogens is 1. The Morgan fingerprint density at radius 2 is 2.29 bits per heavy atom. The lowest BCUT2D eigenvalue weighted by atomic mass is 9.99. The highest BCUT2D eigenvalue weighted by Gasteiger charge is 2.33. The van der Waals surface area contributed by atoms with Gasteiger partial charge in [0, 0.05) is 23.0 Å². The molecule has 2 aromatic rings. The first-order valence-electron chi connectivity index (χ1n) is 6.84. The van der Waals surface area contributed by atoms with Crippen molar-refractivity contribution < 1.29 is 9.90 Å². The first-order chi connectivity index (χ1) is 10.1. The minimum Gasteiger partial charge on any atom is -0.480 e. The molecule has 2 heterocycles. The van der Waals surface area contributed by atoms with Gasteiger partial charge in [-0.05, 0) is 47.5 Å². The third kappa shape index (κ3) is 2.84. The van der Waals surface area contributed by atoms with E-state index < -0.39 is 12.0 Å². The Kier molecular flexibility index (Phi) is 4.02. The van der Waals surface area contributed by atoms with Gasteiger partial charge in [-0.25, -0.2) is 0 Å². The average molecular weight is 322 g/mol. The lowest BCUT2D eigenvalue weighted by Crippen LogP contribution is -2.38. The standard InChI is InChI=1S/C16H16ClNO2S/c1-10-2-3-11(8-13(10)17)9-18-6-4-14-12(5-7-21-14)15(18)16(19)20/h2-3,5,7-8,15H,4,6,9H2,1H3,(H,19,20). The van der Waals surface area contributed by atoms with Crippen molar-refractivity contribution in [3.05, 3.63) is 56.2 Å². The highest BCUT2D eigenvalue weighted by molar-refractivity contribution is 7.10. The first-order valence-corrected chi connectivity index (χ1v) is 8.10. The lowest BCUT2D eigenvalue weighted by Gasteiger charge is -2.33. The largest absolute Gasteiger partial charge is 0.480 e. The summed E-state index contributed by atoms with van der Waals surface area (Å²) in [7, 11) is 0. The van der Waals surface area contributed by atoms with Gasteiger partial charge in [-0.1, -0.05) is 23.7 Å². The molecule has 110 valence electrons. The van der Waals surface area contributed by atoms with Crippen molar-refractivity contribution in [2.75, 3.05) is 6.54 Å². The molecule has 5 heteroatoms. The lowest BCUT2D eigenvalue weighted by molar-refractivity contribution is -0.144. The van der Waals surface area contributed by atoms with Crippen LogP contribution in [0.1, 0.15) is 27.6 Å². The fourth-order valence-electron chi connectivity index (χ4n) is 2.80. The van der Waals surface area contributed by atoms with Crippen LogP contribution in [-0.4, -0.2) is 22.5 Å². The summed E-state index contributed by atoms with van der Waals surface area (Å²) >= 11 is 7.81. The number of fused-ring (bicyclic) bond motifs is 1. The van der Waals surface area contributed by atoms with E-state index in [0.29, 0.717) is 6.54 Å². The van der Waals surface area contributed by atoms with E-state index >= 15 is 0 Å². The maximum Gasteiger partial charge on any atom is 0.325 e. The summed E-state index contributed by atoms with van der Waals surface area (Å²) < 4.78 is 0. The monoisotopic (exact) mass is 321 g/mol. The summed E-state index contributed by atoms with van der Waals surface area (Å²) in [6.45, 7) is 3.33. The second-order valence-electron chi connectivity index (χ2n) is 5.34. The molecule has 0 aliphatic carbocycles. The normalized spacial score (nSPS) is 18.5. The van der Waals surface area contributed by atoms with Crippen LogP contribution in [0.2, 0.25) is 5.02 Å². The fourth-order valence-corrected chi connectivity index (χ4v) is 3.90. The van der Waals surface area contributed by atoms with Crippen LogP contribution in [-0.2, 0) is 17.8 Å². The van der Waals surface area contributed by atoms with Crippen molar-refractivity contribution >= 4 is 28.9 Å². The number of thiophene rings is 1. The van der Waals surface area contributed by atoms with E-state index in [2.05, 4.69) is 0 Å². The zero-order chi connectivity index (χ0) is 15.0. The third-order valence-corrected chi connectivity index (χ3v) is 5.33. The summed E-state index contributed by atoms with van der Waals surface area (Å²) in [6, 6.07) is 7.31. The molecule has 3 rings (SSSR count). The quantitative estimate of drug-likeness (QED) is 0.932. The molecule has 3 nitrogen and oxygen atoms in total. The van der Waals surface area contributed by atoms with E-state index in [1.54, 1.807) is 11.3 Å². The number of hydrogen-bond donors (Lipinski definition) is 1. The molecule has 1 N–H and O–H groups in total. The minimum atomic E-state index is -0.785. The van der Waals surface area contributed by atoms with Gasteiger partial charge in [0.1, 0.15) is 6.04 Å². The number of benzene rings is 1. The van der Waals surface area contributed by atoms with E-state index in [1.165, 1.54) is 4.88 Å². The molecule has 0 bridgehead atoms. The molecule has 0 spiro atoms. The van der Waals surface area contributed by atoms with Crippen molar-refractivity contribution in [3.8, 4) is 0 Å². The molecule has 1 aromatic heterocycles. The number of carboxylic acids is 1. The minimum absolute atomic E-state index is 0.555. The Labute approximate surface area is 132 Å². The molecule has 1 aromatic carbocycles. The molecular formula is C16H16ClNO2S. The van der Waals surface area contributed by atoms with Gasteiger partial charge in [-0.3, -0.25) is 9.69 Å². The number of hydrogen-bond acceptors (Lipinski definition) is 3. The molecule has 1 aliphatic rings. The van der Waals surface area contributed by atoms with Crippen molar-refractivity contribution in [1.82, 2.24) is 4.90 Å². The molecule has 0 amide bonds. The van der Waals surface area contributed by atoms with E-state index in [0.717, 1.165) is 34.7 Å². The maximum atomic E-state index is 11.7. The van der Waals surface area contributed by atoms with Crippen molar-refractivity contribution in [2.45, 2.75) is 25.9 Å². The van der Waals surface area contributed by atoms with Gasteiger partial charge in [0.2, 0.25) is 0 Å². The highest BCUT2D eigenvalue weighted by Crippen LogP contribution is 2.34. The van der Waals surface area contributed by atoms with Crippen molar-refractivity contribution in [3.63, 3.8) is 0 Å². The summed E-state index contributed by atoms with van der Waals surface area (Å²) in [6.07, 6.45) is 0.913. The molecule has 0 fully saturated rings. The molecule has 0 radical (unpaired) electrons. The SMILES string of the molecule is Cc1ccc(CN2CCc3sccc3C2C(=O)O)cc1Cl. The van der Waals surface area contributed by atoms with Crippen molar-refractivity contribution in [2.24, 2.45) is 0 Å². The van der Waals surface area contributed by atoms with Crippen LogP contribution in [0.4, 0.5) is 0 Å². The van der Waals surface area contributed by atoms with Gasteiger partial charge in [0.25, 0.3) is 0 Å². The Hall–Kier alpha value is -1.36. The van der Waals surface area contributed by atoms with Crippen LogP contribution in [0, 0.1) is 6.92 Å². The van der Waals surface area contributed by atoms with E-state index in [-0.39, 0.29) is 0 Å². The van der Waals surface area contributed by atoms with Crippen LogP contribution in [0.5, 0.6) is 0 Å². The van der Waals surface area contributed by atoms with Gasteiger partial charge in [0.15, 0.2) is 0 Å². The smallest absolute Gasteiger partial charge is 0.325 e. The fraction of sp³-hybridized carbons (Fsp3) is 0.312. The predicted octanol–water partition coefficient (Wildman–Crippen LogP) is 3.89. The van der Waals surface area contributed by atoms with Gasteiger partial charge in [0.05, 0.1) is 0 Å². The van der Waals surface area contributed by atoms with Crippen LogP contribution < -0.4 is 0 Å². The van der Waals surface area contributed by atoms with Crippen LogP contribution in [0.25, 0.3) is 0 Å². The molecule has 1 unspecified atom stereocenters. The molecule has 0 saturated carbocycles. The summed E-state index contributed by atoms with van der Waals surface area (Å²) in [5, 5.41) is 12.3. The molecule has 1 atom stereocenters. The van der Waals surface area contributed by atoms with Gasteiger partial charge >= 0.3 is 5.97 Å². The predicted molar refractivity (Wildman–Crippen MR) is 85.0 cm³/mol. The van der Waals surface area contributed by atoms with Crippen LogP contribution >= 0.6 is 22.9 Å². The molecular weight excluding hydrogens is 306 g/mol.